The van der Waals surface area contributed by atoms with Crippen LogP contribution in [0.3, 0.4) is 0 Å². The highest BCUT2D eigenvalue weighted by Gasteiger charge is 2.13. The van der Waals surface area contributed by atoms with Crippen molar-refractivity contribution in [2.75, 3.05) is 19.0 Å². The predicted molar refractivity (Wildman–Crippen MR) is 89.1 cm³/mol. The molecule has 2 aromatic rings. The van der Waals surface area contributed by atoms with Crippen LogP contribution in [-0.2, 0) is 16.1 Å². The molecule has 0 aliphatic rings. The number of carbonyl (C=O) groups is 2. The van der Waals surface area contributed by atoms with Crippen molar-refractivity contribution in [1.82, 2.24) is 4.90 Å². The molecule has 1 N–H and O–H groups in total. The maximum Gasteiger partial charge on any atom is 0.260 e. The zero-order chi connectivity index (χ0) is 17.5. The van der Waals surface area contributed by atoms with Gasteiger partial charge in [0.05, 0.1) is 5.69 Å². The fraction of sp³-hybridized carbons (Fsp3) is 0.222. The summed E-state index contributed by atoms with van der Waals surface area (Å²) in [6.07, 6.45) is 0. The van der Waals surface area contributed by atoms with E-state index in [1.807, 2.05) is 0 Å². The molecule has 2 rings (SSSR count). The van der Waals surface area contributed by atoms with Crippen molar-refractivity contribution in [3.8, 4) is 5.75 Å². The van der Waals surface area contributed by atoms with Crippen LogP contribution in [-0.4, -0.2) is 30.4 Å². The quantitative estimate of drug-likeness (QED) is 0.886. The van der Waals surface area contributed by atoms with Crippen molar-refractivity contribution in [3.05, 3.63) is 59.9 Å². The summed E-state index contributed by atoms with van der Waals surface area (Å²) in [4.78, 5) is 24.7. The van der Waals surface area contributed by atoms with Gasteiger partial charge in [-0.05, 0) is 18.2 Å². The minimum absolute atomic E-state index is 0.155. The molecule has 0 aliphatic heterocycles. The average molecular weight is 330 g/mol. The molecule has 2 aromatic carbocycles. The smallest absolute Gasteiger partial charge is 0.260 e. The lowest BCUT2D eigenvalue weighted by Crippen LogP contribution is -2.31. The molecular weight excluding hydrogens is 311 g/mol. The van der Waals surface area contributed by atoms with Gasteiger partial charge in [0.15, 0.2) is 6.61 Å². The molecule has 0 spiro atoms. The van der Waals surface area contributed by atoms with E-state index in [9.17, 15) is 14.0 Å². The first-order valence-electron chi connectivity index (χ1n) is 7.44. The summed E-state index contributed by atoms with van der Waals surface area (Å²) in [6, 6.07) is 13.2. The van der Waals surface area contributed by atoms with Crippen molar-refractivity contribution in [3.63, 3.8) is 0 Å². The monoisotopic (exact) mass is 330 g/mol. The fourth-order valence-corrected chi connectivity index (χ4v) is 2.11. The number of likely N-dealkylation sites (N-methyl/N-ethyl adjacent to an activating group) is 1. The second-order valence-corrected chi connectivity index (χ2v) is 5.31. The van der Waals surface area contributed by atoms with Crippen LogP contribution in [0.15, 0.2) is 48.5 Å². The Morgan fingerprint density at radius 2 is 1.79 bits per heavy atom. The van der Waals surface area contributed by atoms with E-state index in [1.54, 1.807) is 49.5 Å². The highest BCUT2D eigenvalue weighted by molar-refractivity contribution is 5.90. The summed E-state index contributed by atoms with van der Waals surface area (Å²) in [5.74, 6) is -0.473. The Hall–Kier alpha value is -2.89. The number of nitrogens with one attached hydrogen (secondary N) is 1. The first-order chi connectivity index (χ1) is 11.5. The Morgan fingerprint density at radius 1 is 1.12 bits per heavy atom. The minimum atomic E-state index is -0.353. The summed E-state index contributed by atoms with van der Waals surface area (Å²) < 4.78 is 19.1. The fourth-order valence-electron chi connectivity index (χ4n) is 2.11. The SMILES string of the molecule is CC(=O)Nc1ccccc1OCC(=O)N(C)Cc1ccccc1F. The van der Waals surface area contributed by atoms with Gasteiger partial charge in [-0.25, -0.2) is 4.39 Å². The molecule has 24 heavy (non-hydrogen) atoms. The molecule has 2 amide bonds. The Bertz CT molecular complexity index is 734. The molecule has 6 heteroatoms. The highest BCUT2D eigenvalue weighted by Crippen LogP contribution is 2.23. The van der Waals surface area contributed by atoms with Crippen molar-refractivity contribution >= 4 is 17.5 Å². The first-order valence-corrected chi connectivity index (χ1v) is 7.44. The van der Waals surface area contributed by atoms with E-state index in [2.05, 4.69) is 5.32 Å². The molecule has 0 bridgehead atoms. The third-order valence-electron chi connectivity index (χ3n) is 3.34. The molecule has 0 atom stereocenters. The second kappa shape index (κ2) is 8.10. The molecule has 126 valence electrons. The van der Waals surface area contributed by atoms with Crippen molar-refractivity contribution < 1.29 is 18.7 Å². The summed E-state index contributed by atoms with van der Waals surface area (Å²) in [5, 5.41) is 2.64. The van der Waals surface area contributed by atoms with E-state index in [1.165, 1.54) is 17.9 Å². The minimum Gasteiger partial charge on any atom is -0.482 e. The Labute approximate surface area is 140 Å². The second-order valence-electron chi connectivity index (χ2n) is 5.31. The topological polar surface area (TPSA) is 58.6 Å². The lowest BCUT2D eigenvalue weighted by molar-refractivity contribution is -0.132. The Balaban J connectivity index is 1.96. The molecule has 0 radical (unpaired) electrons. The number of rotatable bonds is 6. The average Bonchev–Trinajstić information content (AvgIpc) is 2.55. The standard InChI is InChI=1S/C18H19FN2O3/c1-13(22)20-16-9-5-6-10-17(16)24-12-18(23)21(2)11-14-7-3-4-8-15(14)19/h3-10H,11-12H2,1-2H3,(H,20,22). The van der Waals surface area contributed by atoms with Crippen LogP contribution in [0.2, 0.25) is 0 Å². The number of nitrogens with zero attached hydrogens (tertiary/aromatic N) is 1. The van der Waals surface area contributed by atoms with Crippen LogP contribution in [0.4, 0.5) is 10.1 Å². The maximum atomic E-state index is 13.6. The van der Waals surface area contributed by atoms with E-state index in [4.69, 9.17) is 4.74 Å². The number of amides is 2. The molecule has 0 fully saturated rings. The van der Waals surface area contributed by atoms with Crippen LogP contribution >= 0.6 is 0 Å². The van der Waals surface area contributed by atoms with Gasteiger partial charge in [0.25, 0.3) is 5.91 Å². The van der Waals surface area contributed by atoms with Crippen LogP contribution in [0.5, 0.6) is 5.75 Å². The normalized spacial score (nSPS) is 10.1. The number of hydrogen-bond acceptors (Lipinski definition) is 3. The number of para-hydroxylation sites is 2. The largest absolute Gasteiger partial charge is 0.482 e. The van der Waals surface area contributed by atoms with Crippen molar-refractivity contribution in [1.29, 1.82) is 0 Å². The number of benzene rings is 2. The summed E-state index contributed by atoms with van der Waals surface area (Å²) in [6.45, 7) is 1.34. The van der Waals surface area contributed by atoms with E-state index in [0.717, 1.165) is 0 Å². The van der Waals surface area contributed by atoms with Gasteiger partial charge in [-0.2, -0.15) is 0 Å². The summed E-state index contributed by atoms with van der Waals surface area (Å²) in [5.41, 5.74) is 0.932. The zero-order valence-corrected chi connectivity index (χ0v) is 13.6. The third-order valence-corrected chi connectivity index (χ3v) is 3.34. The molecule has 0 aromatic heterocycles. The van der Waals surface area contributed by atoms with Gasteiger partial charge in [-0.3, -0.25) is 9.59 Å². The van der Waals surface area contributed by atoms with E-state index in [0.29, 0.717) is 17.0 Å². The number of hydrogen-bond donors (Lipinski definition) is 1. The van der Waals surface area contributed by atoms with Gasteiger partial charge in [0.1, 0.15) is 11.6 Å². The van der Waals surface area contributed by atoms with Crippen molar-refractivity contribution in [2.45, 2.75) is 13.5 Å². The molecule has 0 unspecified atom stereocenters. The van der Waals surface area contributed by atoms with Crippen LogP contribution in [0.25, 0.3) is 0 Å². The van der Waals surface area contributed by atoms with Crippen molar-refractivity contribution in [2.24, 2.45) is 0 Å². The third kappa shape index (κ3) is 4.81. The highest BCUT2D eigenvalue weighted by atomic mass is 19.1. The van der Waals surface area contributed by atoms with E-state index in [-0.39, 0.29) is 30.8 Å². The number of ether oxygens (including phenoxy) is 1. The molecule has 0 heterocycles. The molecule has 0 saturated carbocycles. The molecule has 5 nitrogen and oxygen atoms in total. The number of anilines is 1. The first kappa shape index (κ1) is 17.5. The number of halogens is 1. The van der Waals surface area contributed by atoms with Crippen LogP contribution in [0.1, 0.15) is 12.5 Å². The van der Waals surface area contributed by atoms with E-state index < -0.39 is 0 Å². The van der Waals surface area contributed by atoms with Gasteiger partial charge in [0, 0.05) is 26.1 Å². The van der Waals surface area contributed by atoms with Crippen LogP contribution in [0, 0.1) is 5.82 Å². The van der Waals surface area contributed by atoms with Gasteiger partial charge in [0.2, 0.25) is 5.91 Å². The van der Waals surface area contributed by atoms with E-state index >= 15 is 0 Å². The van der Waals surface area contributed by atoms with Gasteiger partial charge >= 0.3 is 0 Å². The van der Waals surface area contributed by atoms with Gasteiger partial charge in [-0.15, -0.1) is 0 Å². The van der Waals surface area contributed by atoms with Gasteiger partial charge in [-0.1, -0.05) is 30.3 Å². The maximum absolute atomic E-state index is 13.6. The zero-order valence-electron chi connectivity index (χ0n) is 13.6. The molecule has 0 saturated heterocycles. The Morgan fingerprint density at radius 3 is 2.50 bits per heavy atom. The summed E-state index contributed by atoms with van der Waals surface area (Å²) in [7, 11) is 1.58. The lowest BCUT2D eigenvalue weighted by atomic mass is 10.2. The summed E-state index contributed by atoms with van der Waals surface area (Å²) >= 11 is 0. The lowest BCUT2D eigenvalue weighted by Gasteiger charge is -2.18. The number of carbonyl (C=O) groups excluding carboxylic acids is 2. The Kier molecular flexibility index (Phi) is 5.89. The van der Waals surface area contributed by atoms with Gasteiger partial charge < -0.3 is 15.0 Å². The predicted octanol–water partition coefficient (Wildman–Crippen LogP) is 2.82. The molecule has 0 aliphatic carbocycles. The molecular formula is C18H19FN2O3. The van der Waals surface area contributed by atoms with Crippen LogP contribution < -0.4 is 10.1 Å².